The number of rotatable bonds is 7. The van der Waals surface area contributed by atoms with E-state index >= 15 is 0 Å². The molecule has 0 radical (unpaired) electrons. The van der Waals surface area contributed by atoms with Crippen LogP contribution in [0.25, 0.3) is 11.3 Å². The molecule has 1 heterocycles. The van der Waals surface area contributed by atoms with E-state index in [1.54, 1.807) is 7.05 Å². The van der Waals surface area contributed by atoms with Crippen molar-refractivity contribution in [3.8, 4) is 11.3 Å². The van der Waals surface area contributed by atoms with Crippen molar-refractivity contribution in [3.05, 3.63) is 100 Å². The molecule has 0 aliphatic carbocycles. The Kier molecular flexibility index (Phi) is 6.92. The Bertz CT molecular complexity index is 1410. The topological polar surface area (TPSA) is 79.4 Å². The Morgan fingerprint density at radius 2 is 1.71 bits per heavy atom. The molecule has 0 aliphatic rings. The first kappa shape index (κ1) is 23.8. The van der Waals surface area contributed by atoms with Crippen LogP contribution in [0.1, 0.15) is 27.0 Å². The normalized spacial score (nSPS) is 11.5. The van der Waals surface area contributed by atoms with Crippen molar-refractivity contribution in [2.75, 3.05) is 12.4 Å². The highest BCUT2D eigenvalue weighted by Crippen LogP contribution is 2.28. The number of anilines is 1. The molecule has 4 rings (SSSR count). The number of hydrogen-bond donors (Lipinski definition) is 1. The molecule has 0 fully saturated rings. The molecule has 0 atom stereocenters. The number of hydrogen-bond acceptors (Lipinski definition) is 5. The standard InChI is InChI=1S/C26H25N3O3S2/c1-18-9-10-19(2)23(15-18)24-17-33-26(27-24)28-25(30)21-11-13-22(14-12-21)34(31,32)29(3)16-20-7-5-4-6-8-20/h4-15,17H,16H2,1-3H3,(H,27,28,30). The Labute approximate surface area is 204 Å². The van der Waals surface area contributed by atoms with E-state index < -0.39 is 10.0 Å². The van der Waals surface area contributed by atoms with Crippen LogP contribution in [0.3, 0.4) is 0 Å². The monoisotopic (exact) mass is 491 g/mol. The number of nitrogens with zero attached hydrogens (tertiary/aromatic N) is 2. The van der Waals surface area contributed by atoms with E-state index in [1.807, 2.05) is 49.6 Å². The Balaban J connectivity index is 1.45. The van der Waals surface area contributed by atoms with Crippen LogP contribution in [0, 0.1) is 13.8 Å². The number of aromatic nitrogens is 1. The SMILES string of the molecule is Cc1ccc(C)c(-c2csc(NC(=O)c3ccc(S(=O)(=O)N(C)Cc4ccccc4)cc3)n2)c1. The molecule has 174 valence electrons. The second-order valence-corrected chi connectivity index (χ2v) is 11.0. The summed E-state index contributed by atoms with van der Waals surface area (Å²) < 4.78 is 27.1. The molecule has 0 saturated carbocycles. The van der Waals surface area contributed by atoms with Gasteiger partial charge in [0, 0.05) is 30.1 Å². The van der Waals surface area contributed by atoms with Crippen molar-refractivity contribution in [2.45, 2.75) is 25.3 Å². The van der Waals surface area contributed by atoms with Crippen molar-refractivity contribution in [2.24, 2.45) is 0 Å². The molecule has 1 amide bonds. The Hall–Kier alpha value is -3.33. The molecule has 3 aromatic carbocycles. The number of thiazole rings is 1. The highest BCUT2D eigenvalue weighted by molar-refractivity contribution is 7.89. The lowest BCUT2D eigenvalue weighted by molar-refractivity contribution is 0.102. The average Bonchev–Trinajstić information content (AvgIpc) is 3.29. The first-order valence-electron chi connectivity index (χ1n) is 10.7. The van der Waals surface area contributed by atoms with Crippen LogP contribution in [0.15, 0.2) is 83.1 Å². The van der Waals surface area contributed by atoms with Gasteiger partial charge in [-0.1, -0.05) is 48.0 Å². The van der Waals surface area contributed by atoms with E-state index in [1.165, 1.54) is 39.9 Å². The minimum Gasteiger partial charge on any atom is -0.298 e. The molecule has 6 nitrogen and oxygen atoms in total. The lowest BCUT2D eigenvalue weighted by Crippen LogP contribution is -2.26. The molecule has 0 spiro atoms. The van der Waals surface area contributed by atoms with Gasteiger partial charge in [0.2, 0.25) is 10.0 Å². The van der Waals surface area contributed by atoms with Gasteiger partial charge in [0.25, 0.3) is 5.91 Å². The quantitative estimate of drug-likeness (QED) is 0.370. The largest absolute Gasteiger partial charge is 0.298 e. The van der Waals surface area contributed by atoms with E-state index in [9.17, 15) is 13.2 Å². The first-order chi connectivity index (χ1) is 16.2. The van der Waals surface area contributed by atoms with Crippen molar-refractivity contribution < 1.29 is 13.2 Å². The maximum Gasteiger partial charge on any atom is 0.257 e. The van der Waals surface area contributed by atoms with Crippen LogP contribution in [-0.2, 0) is 16.6 Å². The third kappa shape index (κ3) is 5.25. The molecule has 34 heavy (non-hydrogen) atoms. The number of aryl methyl sites for hydroxylation is 2. The summed E-state index contributed by atoms with van der Waals surface area (Å²) in [5, 5.41) is 5.20. The van der Waals surface area contributed by atoms with Gasteiger partial charge in [-0.05, 0) is 55.3 Å². The lowest BCUT2D eigenvalue weighted by Gasteiger charge is -2.17. The minimum absolute atomic E-state index is 0.133. The van der Waals surface area contributed by atoms with Crippen LogP contribution >= 0.6 is 11.3 Å². The summed E-state index contributed by atoms with van der Waals surface area (Å²) >= 11 is 1.35. The number of benzene rings is 3. The maximum absolute atomic E-state index is 12.9. The highest BCUT2D eigenvalue weighted by atomic mass is 32.2. The van der Waals surface area contributed by atoms with Gasteiger partial charge < -0.3 is 0 Å². The van der Waals surface area contributed by atoms with E-state index in [0.717, 1.165) is 27.9 Å². The molecular formula is C26H25N3O3S2. The van der Waals surface area contributed by atoms with Crippen LogP contribution in [0.2, 0.25) is 0 Å². The number of carbonyl (C=O) groups excluding carboxylic acids is 1. The second kappa shape index (κ2) is 9.89. The van der Waals surface area contributed by atoms with Gasteiger partial charge in [-0.2, -0.15) is 4.31 Å². The van der Waals surface area contributed by atoms with E-state index in [-0.39, 0.29) is 17.3 Å². The lowest BCUT2D eigenvalue weighted by atomic mass is 10.0. The second-order valence-electron chi connectivity index (χ2n) is 8.08. The highest BCUT2D eigenvalue weighted by Gasteiger charge is 2.21. The first-order valence-corrected chi connectivity index (χ1v) is 13.0. The summed E-state index contributed by atoms with van der Waals surface area (Å²) in [4.78, 5) is 17.4. The molecule has 0 aliphatic heterocycles. The summed E-state index contributed by atoms with van der Waals surface area (Å²) in [6.07, 6.45) is 0. The summed E-state index contributed by atoms with van der Waals surface area (Å²) in [6.45, 7) is 4.32. The summed E-state index contributed by atoms with van der Waals surface area (Å²) in [6, 6.07) is 21.5. The van der Waals surface area contributed by atoms with Gasteiger partial charge in [0.15, 0.2) is 5.13 Å². The van der Waals surface area contributed by atoms with Crippen LogP contribution in [0.4, 0.5) is 5.13 Å². The molecule has 0 saturated heterocycles. The summed E-state index contributed by atoms with van der Waals surface area (Å²) in [5.41, 5.74) is 5.35. The predicted octanol–water partition coefficient (Wildman–Crippen LogP) is 5.50. The zero-order chi connectivity index (χ0) is 24.3. The molecule has 1 aromatic heterocycles. The van der Waals surface area contributed by atoms with E-state index in [2.05, 4.69) is 28.5 Å². The molecule has 0 unspecified atom stereocenters. The number of nitrogens with one attached hydrogen (secondary N) is 1. The fraction of sp³-hybridized carbons (Fsp3) is 0.154. The van der Waals surface area contributed by atoms with Gasteiger partial charge >= 0.3 is 0 Å². The number of carbonyl (C=O) groups is 1. The molecule has 4 aromatic rings. The van der Waals surface area contributed by atoms with Crippen molar-refractivity contribution in [1.29, 1.82) is 0 Å². The fourth-order valence-electron chi connectivity index (χ4n) is 3.52. The summed E-state index contributed by atoms with van der Waals surface area (Å²) in [7, 11) is -2.14. The zero-order valence-electron chi connectivity index (χ0n) is 19.1. The van der Waals surface area contributed by atoms with Crippen molar-refractivity contribution >= 4 is 32.4 Å². The number of sulfonamides is 1. The molecule has 0 bridgehead atoms. The van der Waals surface area contributed by atoms with Crippen LogP contribution in [0.5, 0.6) is 0 Å². The maximum atomic E-state index is 12.9. The van der Waals surface area contributed by atoms with Gasteiger partial charge in [-0.25, -0.2) is 13.4 Å². The van der Waals surface area contributed by atoms with E-state index in [4.69, 9.17) is 0 Å². The van der Waals surface area contributed by atoms with Crippen LogP contribution in [-0.4, -0.2) is 30.7 Å². The van der Waals surface area contributed by atoms with Gasteiger partial charge in [-0.15, -0.1) is 11.3 Å². The van der Waals surface area contributed by atoms with Crippen LogP contribution < -0.4 is 5.32 Å². The molecular weight excluding hydrogens is 466 g/mol. The third-order valence-corrected chi connectivity index (χ3v) is 8.04. The Morgan fingerprint density at radius 1 is 1.00 bits per heavy atom. The minimum atomic E-state index is -3.68. The molecule has 1 N–H and O–H groups in total. The Morgan fingerprint density at radius 3 is 2.41 bits per heavy atom. The predicted molar refractivity (Wildman–Crippen MR) is 137 cm³/mol. The average molecular weight is 492 g/mol. The fourth-order valence-corrected chi connectivity index (χ4v) is 5.38. The van der Waals surface area contributed by atoms with Crippen molar-refractivity contribution in [1.82, 2.24) is 9.29 Å². The third-order valence-electron chi connectivity index (χ3n) is 5.47. The van der Waals surface area contributed by atoms with Gasteiger partial charge in [-0.3, -0.25) is 10.1 Å². The summed E-state index contributed by atoms with van der Waals surface area (Å²) in [5.74, 6) is -0.344. The van der Waals surface area contributed by atoms with E-state index in [0.29, 0.717) is 10.7 Å². The number of amides is 1. The van der Waals surface area contributed by atoms with Gasteiger partial charge in [0.05, 0.1) is 10.6 Å². The smallest absolute Gasteiger partial charge is 0.257 e. The molecule has 8 heteroatoms. The zero-order valence-corrected chi connectivity index (χ0v) is 20.8. The van der Waals surface area contributed by atoms with Crippen molar-refractivity contribution in [3.63, 3.8) is 0 Å². The van der Waals surface area contributed by atoms with Gasteiger partial charge in [0.1, 0.15) is 0 Å².